The van der Waals surface area contributed by atoms with Gasteiger partial charge in [0.2, 0.25) is 0 Å². The zero-order valence-corrected chi connectivity index (χ0v) is 8.04. The molecule has 2 aliphatic rings. The molecule has 5 heteroatoms. The van der Waals surface area contributed by atoms with E-state index < -0.39 is 0 Å². The second kappa shape index (κ2) is 3.03. The molecule has 0 radical (unpaired) electrons. The Labute approximate surface area is 89.6 Å². The van der Waals surface area contributed by atoms with Crippen molar-refractivity contribution >= 4 is 29.8 Å². The van der Waals surface area contributed by atoms with Gasteiger partial charge in [0.1, 0.15) is 0 Å². The average Bonchev–Trinajstić information content (AvgIpc) is 2.26. The molecule has 0 unspecified atom stereocenters. The van der Waals surface area contributed by atoms with Gasteiger partial charge in [0, 0.05) is 11.6 Å². The van der Waals surface area contributed by atoms with Crippen molar-refractivity contribution in [3.05, 3.63) is 34.5 Å². The smallest absolute Gasteiger partial charge is 0.267 e. The Balaban J connectivity index is 2.38. The number of benzene rings is 1. The molecule has 2 amide bonds. The van der Waals surface area contributed by atoms with Gasteiger partial charge >= 0.3 is 0 Å². The third-order valence-corrected chi connectivity index (χ3v) is 2.30. The molecule has 0 saturated carbocycles. The molecule has 0 aromatic heterocycles. The molecule has 0 fully saturated rings. The summed E-state index contributed by atoms with van der Waals surface area (Å²) < 4.78 is 0. The molecule has 2 heterocycles. The van der Waals surface area contributed by atoms with Gasteiger partial charge in [-0.25, -0.2) is 15.0 Å². The number of fused-ring (bicyclic) bond motifs is 2. The van der Waals surface area contributed by atoms with Crippen molar-refractivity contribution in [2.45, 2.75) is 0 Å². The molecular formula is C11H5N3O2. The summed E-state index contributed by atoms with van der Waals surface area (Å²) in [4.78, 5) is 33.7. The van der Waals surface area contributed by atoms with E-state index in [1.807, 2.05) is 0 Å². The molecule has 1 aromatic carbocycles. The van der Waals surface area contributed by atoms with Gasteiger partial charge in [-0.1, -0.05) is 0 Å². The first-order valence-electron chi connectivity index (χ1n) is 4.64. The average molecular weight is 211 g/mol. The summed E-state index contributed by atoms with van der Waals surface area (Å²) in [6, 6.07) is 3.35. The monoisotopic (exact) mass is 211 g/mol. The summed E-state index contributed by atoms with van der Waals surface area (Å²) >= 11 is 0. The van der Waals surface area contributed by atoms with Gasteiger partial charge in [-0.3, -0.25) is 9.59 Å². The molecule has 0 atom stereocenters. The number of aliphatic imine (C=N–C) groups is 1. The minimum absolute atomic E-state index is 0.291. The van der Waals surface area contributed by atoms with Crippen molar-refractivity contribution in [2.75, 3.05) is 0 Å². The van der Waals surface area contributed by atoms with Crippen molar-refractivity contribution in [3.8, 4) is 0 Å². The van der Waals surface area contributed by atoms with Crippen LogP contribution in [-0.4, -0.2) is 18.0 Å². The standard InChI is InChI=1S/C11H5N3O2/c15-10-2-1-6-3-9-8(4-7(6)13-10)12-5-11(16)14-9/h1-5H. The molecule has 0 saturated heterocycles. The first kappa shape index (κ1) is 8.84. The zero-order chi connectivity index (χ0) is 11.1. The van der Waals surface area contributed by atoms with Crippen molar-refractivity contribution in [2.24, 2.45) is 15.0 Å². The van der Waals surface area contributed by atoms with Crippen LogP contribution >= 0.6 is 0 Å². The van der Waals surface area contributed by atoms with Crippen LogP contribution in [-0.2, 0) is 9.59 Å². The number of rotatable bonds is 0. The fourth-order valence-corrected chi connectivity index (χ4v) is 1.59. The number of carbonyl (C=O) groups excluding carboxylic acids is 2. The molecule has 0 bridgehead atoms. The Morgan fingerprint density at radius 2 is 1.69 bits per heavy atom. The fourth-order valence-electron chi connectivity index (χ4n) is 1.59. The van der Waals surface area contributed by atoms with Crippen molar-refractivity contribution < 1.29 is 9.59 Å². The second-order valence-corrected chi connectivity index (χ2v) is 3.39. The van der Waals surface area contributed by atoms with E-state index in [0.717, 1.165) is 11.8 Å². The van der Waals surface area contributed by atoms with Crippen LogP contribution in [0.15, 0.2) is 33.2 Å². The molecule has 5 nitrogen and oxygen atoms in total. The highest BCUT2D eigenvalue weighted by atomic mass is 16.1. The van der Waals surface area contributed by atoms with Gasteiger partial charge in [0.25, 0.3) is 11.8 Å². The number of hydrogen-bond acceptors (Lipinski definition) is 3. The van der Waals surface area contributed by atoms with E-state index in [1.165, 1.54) is 6.08 Å². The summed E-state index contributed by atoms with van der Waals surface area (Å²) in [6.07, 6.45) is 4.18. The Bertz CT molecular complexity index is 637. The Hall–Kier alpha value is -2.43. The minimum Gasteiger partial charge on any atom is -0.267 e. The van der Waals surface area contributed by atoms with Crippen molar-refractivity contribution in [1.29, 1.82) is 0 Å². The summed E-state index contributed by atoms with van der Waals surface area (Å²) in [7, 11) is 0. The fraction of sp³-hybridized carbons (Fsp3) is 0. The van der Waals surface area contributed by atoms with E-state index in [-0.39, 0.29) is 11.8 Å². The van der Waals surface area contributed by atoms with Gasteiger partial charge in [0.15, 0.2) is 0 Å². The normalized spacial score (nSPS) is 16.2. The van der Waals surface area contributed by atoms with E-state index in [0.29, 0.717) is 16.4 Å². The lowest BCUT2D eigenvalue weighted by molar-refractivity contribution is -0.114. The lowest BCUT2D eigenvalue weighted by Crippen LogP contribution is -2.21. The number of carbonyl (C=O) groups is 2. The first-order valence-corrected chi connectivity index (χ1v) is 4.64. The third kappa shape index (κ3) is 1.30. The van der Waals surface area contributed by atoms with E-state index >= 15 is 0 Å². The zero-order valence-electron chi connectivity index (χ0n) is 8.04. The summed E-state index contributed by atoms with van der Waals surface area (Å²) in [5.74, 6) is -0.666. The maximum absolute atomic E-state index is 11.1. The van der Waals surface area contributed by atoms with E-state index in [9.17, 15) is 9.59 Å². The van der Waals surface area contributed by atoms with E-state index in [1.54, 1.807) is 18.2 Å². The van der Waals surface area contributed by atoms with Crippen molar-refractivity contribution in [3.63, 3.8) is 0 Å². The highest BCUT2D eigenvalue weighted by molar-refractivity contribution is 6.27. The van der Waals surface area contributed by atoms with Crippen LogP contribution in [0.2, 0.25) is 0 Å². The maximum atomic E-state index is 11.1. The molecule has 76 valence electrons. The summed E-state index contributed by atoms with van der Waals surface area (Å²) in [5.41, 5.74) is 1.33. The topological polar surface area (TPSA) is 71.2 Å². The first-order chi connectivity index (χ1) is 7.72. The molecule has 3 rings (SSSR count). The van der Waals surface area contributed by atoms with Crippen LogP contribution in [0.1, 0.15) is 5.56 Å². The molecule has 1 aromatic rings. The number of hydrogen-bond donors (Lipinski definition) is 0. The number of amides is 2. The third-order valence-electron chi connectivity index (χ3n) is 2.30. The lowest BCUT2D eigenvalue weighted by Gasteiger charge is -2.04. The minimum atomic E-state index is -0.375. The SMILES string of the molecule is O=C1C=Cc2cc3c(cc2=N1)N=CC(=O)N=3. The molecule has 0 aliphatic carbocycles. The van der Waals surface area contributed by atoms with E-state index in [2.05, 4.69) is 15.0 Å². The predicted octanol–water partition coefficient (Wildman–Crippen LogP) is -0.278. The van der Waals surface area contributed by atoms with E-state index in [4.69, 9.17) is 0 Å². The highest BCUT2D eigenvalue weighted by Gasteiger charge is 2.09. The van der Waals surface area contributed by atoms with Gasteiger partial charge in [-0.05, 0) is 18.2 Å². The van der Waals surface area contributed by atoms with Crippen LogP contribution in [0.3, 0.4) is 0 Å². The quantitative estimate of drug-likeness (QED) is 0.592. The predicted molar refractivity (Wildman–Crippen MR) is 56.0 cm³/mol. The van der Waals surface area contributed by atoms with Crippen LogP contribution in [0.4, 0.5) is 5.69 Å². The maximum Gasteiger partial charge on any atom is 0.288 e. The number of nitrogens with zero attached hydrogens (tertiary/aromatic N) is 3. The van der Waals surface area contributed by atoms with Gasteiger partial charge in [-0.15, -0.1) is 0 Å². The van der Waals surface area contributed by atoms with Crippen LogP contribution in [0.5, 0.6) is 0 Å². The molecule has 0 N–H and O–H groups in total. The molecule has 0 spiro atoms. The molecule has 2 aliphatic heterocycles. The highest BCUT2D eigenvalue weighted by Crippen LogP contribution is 2.07. The largest absolute Gasteiger partial charge is 0.288 e. The Morgan fingerprint density at radius 3 is 2.56 bits per heavy atom. The van der Waals surface area contributed by atoms with Crippen LogP contribution < -0.4 is 10.7 Å². The summed E-state index contributed by atoms with van der Waals surface area (Å²) in [6.45, 7) is 0. The summed E-state index contributed by atoms with van der Waals surface area (Å²) in [5, 5.41) is 1.08. The van der Waals surface area contributed by atoms with Gasteiger partial charge < -0.3 is 0 Å². The lowest BCUT2D eigenvalue weighted by atomic mass is 10.1. The van der Waals surface area contributed by atoms with Crippen LogP contribution in [0, 0.1) is 0 Å². The molecule has 16 heavy (non-hydrogen) atoms. The Morgan fingerprint density at radius 1 is 0.875 bits per heavy atom. The second-order valence-electron chi connectivity index (χ2n) is 3.39. The Kier molecular flexibility index (Phi) is 1.67. The van der Waals surface area contributed by atoms with Gasteiger partial charge in [0.05, 0.1) is 22.6 Å². The molecular weight excluding hydrogens is 206 g/mol. The van der Waals surface area contributed by atoms with Gasteiger partial charge in [-0.2, -0.15) is 0 Å². The van der Waals surface area contributed by atoms with Crippen LogP contribution in [0.25, 0.3) is 6.08 Å². The van der Waals surface area contributed by atoms with Crippen molar-refractivity contribution in [1.82, 2.24) is 0 Å².